The molecule has 80 valence electrons. The minimum absolute atomic E-state index is 0.0825. The van der Waals surface area contributed by atoms with Crippen LogP contribution in [-0.2, 0) is 0 Å². The molecule has 0 atom stereocenters. The first kappa shape index (κ1) is 11.1. The number of anilines is 1. The van der Waals surface area contributed by atoms with E-state index in [4.69, 9.17) is 0 Å². The Bertz CT molecular complexity index is 305. The highest BCUT2D eigenvalue weighted by Crippen LogP contribution is 2.19. The van der Waals surface area contributed by atoms with Gasteiger partial charge >= 0.3 is 0 Å². The fraction of sp³-hybridized carbons (Fsp3) is 0.727. The van der Waals surface area contributed by atoms with E-state index in [0.29, 0.717) is 6.04 Å². The molecule has 0 aliphatic carbocycles. The summed E-state index contributed by atoms with van der Waals surface area (Å²) in [6.07, 6.45) is 0. The highest BCUT2D eigenvalue weighted by Gasteiger charge is 2.14. The van der Waals surface area contributed by atoms with Crippen LogP contribution in [0.2, 0.25) is 0 Å². The van der Waals surface area contributed by atoms with Crippen molar-refractivity contribution in [1.82, 2.24) is 9.78 Å². The Balaban J connectivity index is 2.96. The van der Waals surface area contributed by atoms with Crippen LogP contribution in [-0.4, -0.2) is 15.3 Å². The van der Waals surface area contributed by atoms with Gasteiger partial charge in [0.2, 0.25) is 0 Å². The minimum Gasteiger partial charge on any atom is -0.366 e. The maximum absolute atomic E-state index is 4.45. The minimum atomic E-state index is 0.0825. The monoisotopic (exact) mass is 195 g/mol. The van der Waals surface area contributed by atoms with E-state index in [2.05, 4.69) is 51.1 Å². The first-order valence-corrected chi connectivity index (χ1v) is 5.14. The molecule has 0 saturated carbocycles. The third-order valence-electron chi connectivity index (χ3n) is 1.85. The summed E-state index contributed by atoms with van der Waals surface area (Å²) < 4.78 is 2.03. The van der Waals surface area contributed by atoms with E-state index in [0.717, 1.165) is 11.5 Å². The Labute approximate surface area is 86.5 Å². The Kier molecular flexibility index (Phi) is 2.88. The molecular formula is C11H21N3. The molecule has 0 radical (unpaired) electrons. The number of rotatable bonds is 2. The van der Waals surface area contributed by atoms with E-state index in [-0.39, 0.29) is 5.54 Å². The van der Waals surface area contributed by atoms with Gasteiger partial charge in [-0.25, -0.2) is 4.68 Å². The lowest BCUT2D eigenvalue weighted by Gasteiger charge is -2.23. The molecule has 0 aliphatic rings. The van der Waals surface area contributed by atoms with Gasteiger partial charge in [-0.15, -0.1) is 0 Å². The summed E-state index contributed by atoms with van der Waals surface area (Å²) in [5.74, 6) is 1.10. The standard InChI is InChI=1S/C11H21N3/c1-8(2)14-10(7-9(3)13-14)12-11(4,5)6/h7-8,12H,1-6H3. The lowest BCUT2D eigenvalue weighted by atomic mass is 10.1. The largest absolute Gasteiger partial charge is 0.366 e. The molecule has 3 heteroatoms. The maximum atomic E-state index is 4.45. The summed E-state index contributed by atoms with van der Waals surface area (Å²) >= 11 is 0. The van der Waals surface area contributed by atoms with Gasteiger partial charge in [-0.3, -0.25) is 0 Å². The normalized spacial score (nSPS) is 12.2. The molecular weight excluding hydrogens is 174 g/mol. The van der Waals surface area contributed by atoms with Crippen LogP contribution in [0.1, 0.15) is 46.4 Å². The number of nitrogens with zero attached hydrogens (tertiary/aromatic N) is 2. The molecule has 1 aromatic rings. The van der Waals surface area contributed by atoms with E-state index in [1.54, 1.807) is 0 Å². The molecule has 0 unspecified atom stereocenters. The quantitative estimate of drug-likeness (QED) is 0.786. The molecule has 3 nitrogen and oxygen atoms in total. The van der Waals surface area contributed by atoms with E-state index in [1.165, 1.54) is 0 Å². The average molecular weight is 195 g/mol. The third-order valence-corrected chi connectivity index (χ3v) is 1.85. The van der Waals surface area contributed by atoms with E-state index >= 15 is 0 Å². The Morgan fingerprint density at radius 2 is 1.93 bits per heavy atom. The van der Waals surface area contributed by atoms with Crippen LogP contribution < -0.4 is 5.32 Å². The molecule has 1 heterocycles. The number of aryl methyl sites for hydroxylation is 1. The van der Waals surface area contributed by atoms with Gasteiger partial charge in [0.05, 0.1) is 5.69 Å². The van der Waals surface area contributed by atoms with Crippen LogP contribution in [0.15, 0.2) is 6.07 Å². The molecule has 0 aliphatic heterocycles. The van der Waals surface area contributed by atoms with Crippen molar-refractivity contribution in [2.24, 2.45) is 0 Å². The van der Waals surface area contributed by atoms with Gasteiger partial charge < -0.3 is 5.32 Å². The van der Waals surface area contributed by atoms with Crippen LogP contribution in [0.5, 0.6) is 0 Å². The van der Waals surface area contributed by atoms with Crippen molar-refractivity contribution in [3.05, 3.63) is 11.8 Å². The van der Waals surface area contributed by atoms with Crippen LogP contribution in [0.4, 0.5) is 5.82 Å². The molecule has 14 heavy (non-hydrogen) atoms. The molecule has 0 fully saturated rings. The van der Waals surface area contributed by atoms with Gasteiger partial charge in [0.25, 0.3) is 0 Å². The zero-order valence-electron chi connectivity index (χ0n) is 10.0. The second kappa shape index (κ2) is 3.64. The maximum Gasteiger partial charge on any atom is 0.125 e. The van der Waals surface area contributed by atoms with Crippen molar-refractivity contribution < 1.29 is 0 Å². The number of nitrogens with one attached hydrogen (secondary N) is 1. The summed E-state index contributed by atoms with van der Waals surface area (Å²) in [6.45, 7) is 12.8. The summed E-state index contributed by atoms with van der Waals surface area (Å²) in [5.41, 5.74) is 1.14. The highest BCUT2D eigenvalue weighted by molar-refractivity contribution is 5.39. The van der Waals surface area contributed by atoms with E-state index in [1.807, 2.05) is 11.6 Å². The molecule has 1 rings (SSSR count). The second-order valence-electron chi connectivity index (χ2n) is 5.08. The molecule has 0 saturated heterocycles. The summed E-state index contributed by atoms with van der Waals surface area (Å²) in [5, 5.41) is 7.90. The SMILES string of the molecule is Cc1cc(NC(C)(C)C)n(C(C)C)n1. The van der Waals surface area contributed by atoms with Gasteiger partial charge in [-0.2, -0.15) is 5.10 Å². The smallest absolute Gasteiger partial charge is 0.125 e. The van der Waals surface area contributed by atoms with Crippen LogP contribution in [0.25, 0.3) is 0 Å². The zero-order chi connectivity index (χ0) is 10.9. The number of hydrogen-bond donors (Lipinski definition) is 1. The van der Waals surface area contributed by atoms with Crippen LogP contribution in [0, 0.1) is 6.92 Å². The molecule has 1 aromatic heterocycles. The summed E-state index contributed by atoms with van der Waals surface area (Å²) in [4.78, 5) is 0. The van der Waals surface area contributed by atoms with Crippen molar-refractivity contribution in [2.75, 3.05) is 5.32 Å². The first-order chi connectivity index (χ1) is 6.29. The van der Waals surface area contributed by atoms with E-state index in [9.17, 15) is 0 Å². The fourth-order valence-corrected chi connectivity index (χ4v) is 1.39. The molecule has 0 aromatic carbocycles. The summed E-state index contributed by atoms with van der Waals surface area (Å²) in [6, 6.07) is 2.49. The topological polar surface area (TPSA) is 29.9 Å². The Hall–Kier alpha value is -0.990. The first-order valence-electron chi connectivity index (χ1n) is 5.14. The summed E-state index contributed by atoms with van der Waals surface area (Å²) in [7, 11) is 0. The van der Waals surface area contributed by atoms with Crippen LogP contribution in [0.3, 0.4) is 0 Å². The lowest BCUT2D eigenvalue weighted by Crippen LogP contribution is -2.28. The van der Waals surface area contributed by atoms with Gasteiger partial charge in [0.1, 0.15) is 5.82 Å². The molecule has 0 amide bonds. The van der Waals surface area contributed by atoms with Crippen molar-refractivity contribution in [1.29, 1.82) is 0 Å². The van der Waals surface area contributed by atoms with Gasteiger partial charge in [0.15, 0.2) is 0 Å². The second-order valence-corrected chi connectivity index (χ2v) is 5.08. The predicted molar refractivity (Wildman–Crippen MR) is 60.7 cm³/mol. The Morgan fingerprint density at radius 3 is 2.36 bits per heavy atom. The average Bonchev–Trinajstić information content (AvgIpc) is 2.27. The third kappa shape index (κ3) is 2.76. The van der Waals surface area contributed by atoms with Crippen molar-refractivity contribution in [3.63, 3.8) is 0 Å². The van der Waals surface area contributed by atoms with Gasteiger partial charge in [-0.05, 0) is 41.5 Å². The molecule has 0 spiro atoms. The molecule has 1 N–H and O–H groups in total. The molecule has 0 bridgehead atoms. The van der Waals surface area contributed by atoms with Gasteiger partial charge in [-0.1, -0.05) is 0 Å². The lowest BCUT2D eigenvalue weighted by molar-refractivity contribution is 0.521. The predicted octanol–water partition coefficient (Wildman–Crippen LogP) is 2.98. The van der Waals surface area contributed by atoms with Crippen molar-refractivity contribution in [3.8, 4) is 0 Å². The fourth-order valence-electron chi connectivity index (χ4n) is 1.39. The van der Waals surface area contributed by atoms with Crippen LogP contribution >= 0.6 is 0 Å². The number of aromatic nitrogens is 2. The van der Waals surface area contributed by atoms with Gasteiger partial charge in [0, 0.05) is 17.6 Å². The highest BCUT2D eigenvalue weighted by atomic mass is 15.3. The van der Waals surface area contributed by atoms with Crippen molar-refractivity contribution in [2.45, 2.75) is 53.1 Å². The van der Waals surface area contributed by atoms with Crippen molar-refractivity contribution >= 4 is 5.82 Å². The van der Waals surface area contributed by atoms with E-state index < -0.39 is 0 Å². The Morgan fingerprint density at radius 1 is 1.36 bits per heavy atom. The number of hydrogen-bond acceptors (Lipinski definition) is 2. The zero-order valence-corrected chi connectivity index (χ0v) is 10.0.